The highest BCUT2D eigenvalue weighted by Gasteiger charge is 2.15. The number of nitrogen functional groups attached to an aromatic ring is 1. The number of nitrogens with two attached hydrogens (primary N) is 1. The van der Waals surface area contributed by atoms with Crippen molar-refractivity contribution in [2.75, 3.05) is 5.73 Å². The Labute approximate surface area is 107 Å². The molecule has 3 heterocycles. The van der Waals surface area contributed by atoms with Gasteiger partial charge in [0.25, 0.3) is 5.89 Å². The SMILES string of the molecule is Cc1cc(N)sc1-c1nc(-c2cnccn2)no1. The maximum atomic E-state index is 5.74. The average molecular weight is 259 g/mol. The molecule has 18 heavy (non-hydrogen) atoms. The fraction of sp³-hybridized carbons (Fsp3) is 0.0909. The van der Waals surface area contributed by atoms with Gasteiger partial charge in [-0.1, -0.05) is 5.16 Å². The van der Waals surface area contributed by atoms with Crippen molar-refractivity contribution >= 4 is 16.3 Å². The van der Waals surface area contributed by atoms with Crippen LogP contribution in [0.25, 0.3) is 22.3 Å². The third kappa shape index (κ3) is 1.84. The Bertz CT molecular complexity index is 676. The van der Waals surface area contributed by atoms with Gasteiger partial charge in [0.1, 0.15) is 5.69 Å². The maximum Gasteiger partial charge on any atom is 0.268 e. The molecule has 0 saturated heterocycles. The van der Waals surface area contributed by atoms with Crippen LogP contribution in [0.4, 0.5) is 5.00 Å². The first-order chi connectivity index (χ1) is 8.74. The quantitative estimate of drug-likeness (QED) is 0.758. The first-order valence-electron chi connectivity index (χ1n) is 5.20. The predicted molar refractivity (Wildman–Crippen MR) is 67.8 cm³/mol. The number of hydrogen-bond acceptors (Lipinski definition) is 7. The van der Waals surface area contributed by atoms with Crippen LogP contribution in [-0.4, -0.2) is 20.1 Å². The molecule has 0 spiro atoms. The summed E-state index contributed by atoms with van der Waals surface area (Å²) < 4.78 is 5.23. The van der Waals surface area contributed by atoms with Gasteiger partial charge >= 0.3 is 0 Å². The van der Waals surface area contributed by atoms with Crippen molar-refractivity contribution in [3.05, 3.63) is 30.2 Å². The lowest BCUT2D eigenvalue weighted by Gasteiger charge is -1.90. The molecule has 0 aromatic carbocycles. The maximum absolute atomic E-state index is 5.74. The van der Waals surface area contributed by atoms with Crippen molar-refractivity contribution < 1.29 is 4.52 Å². The number of hydrogen-bond donors (Lipinski definition) is 1. The summed E-state index contributed by atoms with van der Waals surface area (Å²) in [6.45, 7) is 1.95. The van der Waals surface area contributed by atoms with Crippen LogP contribution in [-0.2, 0) is 0 Å². The summed E-state index contributed by atoms with van der Waals surface area (Å²) in [6, 6.07) is 1.88. The van der Waals surface area contributed by atoms with Crippen molar-refractivity contribution in [2.24, 2.45) is 0 Å². The van der Waals surface area contributed by atoms with Crippen LogP contribution in [0.1, 0.15) is 5.56 Å². The van der Waals surface area contributed by atoms with E-state index in [0.29, 0.717) is 17.4 Å². The van der Waals surface area contributed by atoms with Gasteiger partial charge in [-0.25, -0.2) is 4.98 Å². The second kappa shape index (κ2) is 4.19. The molecule has 3 rings (SSSR count). The largest absolute Gasteiger partial charge is 0.391 e. The van der Waals surface area contributed by atoms with Crippen molar-refractivity contribution in [3.63, 3.8) is 0 Å². The lowest BCUT2D eigenvalue weighted by Crippen LogP contribution is -1.86. The van der Waals surface area contributed by atoms with Crippen LogP contribution in [0.15, 0.2) is 29.2 Å². The van der Waals surface area contributed by atoms with Crippen molar-refractivity contribution in [3.8, 4) is 22.3 Å². The minimum Gasteiger partial charge on any atom is -0.391 e. The van der Waals surface area contributed by atoms with Gasteiger partial charge in [-0.05, 0) is 18.6 Å². The minimum atomic E-state index is 0.421. The van der Waals surface area contributed by atoms with Gasteiger partial charge in [-0.2, -0.15) is 4.98 Å². The van der Waals surface area contributed by atoms with Crippen LogP contribution in [0.5, 0.6) is 0 Å². The Kier molecular flexibility index (Phi) is 2.52. The molecule has 0 bridgehead atoms. The normalized spacial score (nSPS) is 10.7. The monoisotopic (exact) mass is 259 g/mol. The lowest BCUT2D eigenvalue weighted by atomic mass is 10.3. The molecule has 0 aliphatic rings. The first-order valence-corrected chi connectivity index (χ1v) is 6.02. The zero-order valence-corrected chi connectivity index (χ0v) is 10.3. The molecule has 0 aliphatic heterocycles. The molecule has 0 radical (unpaired) electrons. The summed E-state index contributed by atoms with van der Waals surface area (Å²) in [7, 11) is 0. The highest BCUT2D eigenvalue weighted by Crippen LogP contribution is 2.33. The molecule has 0 amide bonds. The van der Waals surface area contributed by atoms with Crippen molar-refractivity contribution in [2.45, 2.75) is 6.92 Å². The zero-order chi connectivity index (χ0) is 12.5. The number of anilines is 1. The van der Waals surface area contributed by atoms with Crippen LogP contribution >= 0.6 is 11.3 Å². The Hall–Kier alpha value is -2.28. The Morgan fingerprint density at radius 1 is 1.33 bits per heavy atom. The van der Waals surface area contributed by atoms with Gasteiger partial charge in [0.15, 0.2) is 0 Å². The van der Waals surface area contributed by atoms with Crippen LogP contribution in [0, 0.1) is 6.92 Å². The third-order valence-corrected chi connectivity index (χ3v) is 3.40. The predicted octanol–water partition coefficient (Wildman–Crippen LogP) is 2.15. The van der Waals surface area contributed by atoms with E-state index in [-0.39, 0.29) is 0 Å². The fourth-order valence-corrected chi connectivity index (χ4v) is 2.41. The van der Waals surface area contributed by atoms with E-state index in [1.165, 1.54) is 11.3 Å². The van der Waals surface area contributed by atoms with Gasteiger partial charge in [-0.15, -0.1) is 11.3 Å². The van der Waals surface area contributed by atoms with E-state index in [9.17, 15) is 0 Å². The summed E-state index contributed by atoms with van der Waals surface area (Å²) >= 11 is 1.42. The molecule has 3 aromatic rings. The Balaban J connectivity index is 2.02. The van der Waals surface area contributed by atoms with Crippen LogP contribution in [0.2, 0.25) is 0 Å². The van der Waals surface area contributed by atoms with Gasteiger partial charge in [0.05, 0.1) is 16.1 Å². The van der Waals surface area contributed by atoms with Gasteiger partial charge < -0.3 is 10.3 Å². The van der Waals surface area contributed by atoms with Crippen LogP contribution < -0.4 is 5.73 Å². The molecular weight excluding hydrogens is 250 g/mol. The molecule has 7 heteroatoms. The van der Waals surface area contributed by atoms with Crippen LogP contribution in [0.3, 0.4) is 0 Å². The summed E-state index contributed by atoms with van der Waals surface area (Å²) in [6.07, 6.45) is 4.76. The van der Waals surface area contributed by atoms with Crippen molar-refractivity contribution in [1.82, 2.24) is 20.1 Å². The van der Waals surface area contributed by atoms with Gasteiger partial charge in [0, 0.05) is 12.4 Å². The molecular formula is C11H9N5OS. The summed E-state index contributed by atoms with van der Waals surface area (Å²) in [5.41, 5.74) is 7.34. The number of aryl methyl sites for hydroxylation is 1. The number of thiophene rings is 1. The average Bonchev–Trinajstić information content (AvgIpc) is 2.97. The van der Waals surface area contributed by atoms with Gasteiger partial charge in [0.2, 0.25) is 5.82 Å². The molecule has 90 valence electrons. The molecule has 0 atom stereocenters. The van der Waals surface area contributed by atoms with E-state index < -0.39 is 0 Å². The first kappa shape index (κ1) is 10.8. The number of aromatic nitrogens is 4. The van der Waals surface area contributed by atoms with E-state index in [2.05, 4.69) is 20.1 Å². The third-order valence-electron chi connectivity index (χ3n) is 2.35. The molecule has 3 aromatic heterocycles. The number of rotatable bonds is 2. The topological polar surface area (TPSA) is 90.7 Å². The van der Waals surface area contributed by atoms with E-state index in [4.69, 9.17) is 10.3 Å². The summed E-state index contributed by atoms with van der Waals surface area (Å²) in [5, 5.41) is 4.61. The standard InChI is InChI=1S/C11H9N5OS/c1-6-4-8(12)18-9(6)11-15-10(16-17-11)7-5-13-2-3-14-7/h2-5H,12H2,1H3. The lowest BCUT2D eigenvalue weighted by molar-refractivity contribution is 0.433. The molecule has 0 aliphatic carbocycles. The zero-order valence-electron chi connectivity index (χ0n) is 9.49. The number of nitrogens with zero attached hydrogens (tertiary/aromatic N) is 4. The highest BCUT2D eigenvalue weighted by atomic mass is 32.1. The fourth-order valence-electron chi connectivity index (χ4n) is 1.55. The minimum absolute atomic E-state index is 0.421. The molecule has 2 N–H and O–H groups in total. The van der Waals surface area contributed by atoms with E-state index in [1.807, 2.05) is 13.0 Å². The Morgan fingerprint density at radius 3 is 2.89 bits per heavy atom. The van der Waals surface area contributed by atoms with Crippen molar-refractivity contribution in [1.29, 1.82) is 0 Å². The second-order valence-electron chi connectivity index (χ2n) is 3.67. The molecule has 0 fully saturated rings. The smallest absolute Gasteiger partial charge is 0.268 e. The summed E-state index contributed by atoms with van der Waals surface area (Å²) in [5.74, 6) is 0.874. The van der Waals surface area contributed by atoms with E-state index >= 15 is 0 Å². The molecule has 0 saturated carbocycles. The van der Waals surface area contributed by atoms with E-state index in [1.54, 1.807) is 18.6 Å². The van der Waals surface area contributed by atoms with Gasteiger partial charge in [-0.3, -0.25) is 4.98 Å². The highest BCUT2D eigenvalue weighted by molar-refractivity contribution is 7.19. The summed E-state index contributed by atoms with van der Waals surface area (Å²) in [4.78, 5) is 13.3. The second-order valence-corrected chi connectivity index (χ2v) is 4.76. The Morgan fingerprint density at radius 2 is 2.22 bits per heavy atom. The van der Waals surface area contributed by atoms with E-state index in [0.717, 1.165) is 15.4 Å². The molecule has 6 nitrogen and oxygen atoms in total. The molecule has 0 unspecified atom stereocenters.